The van der Waals surface area contributed by atoms with Gasteiger partial charge in [0.15, 0.2) is 0 Å². The van der Waals surface area contributed by atoms with Crippen LogP contribution in [0.4, 0.5) is 0 Å². The summed E-state index contributed by atoms with van der Waals surface area (Å²) in [7, 11) is 0. The molecule has 3 atom stereocenters. The highest BCUT2D eigenvalue weighted by Gasteiger charge is 2.37. The molecule has 0 spiro atoms. The van der Waals surface area contributed by atoms with Crippen molar-refractivity contribution in [3.8, 4) is 0 Å². The third kappa shape index (κ3) is 1.32. The number of aliphatic hydroxyl groups excluding tert-OH is 1. The molecule has 0 aromatic heterocycles. The van der Waals surface area contributed by atoms with Crippen molar-refractivity contribution >= 4 is 0 Å². The molecule has 0 amide bonds. The molecule has 1 saturated carbocycles. The first kappa shape index (κ1) is 8.02. The van der Waals surface area contributed by atoms with E-state index in [-0.39, 0.29) is 11.6 Å². The van der Waals surface area contributed by atoms with Gasteiger partial charge in [0.1, 0.15) is 0 Å². The molecular weight excluding hydrogens is 126 g/mol. The third-order valence-corrected chi connectivity index (χ3v) is 2.66. The van der Waals surface area contributed by atoms with Crippen LogP contribution in [0.15, 0.2) is 0 Å². The maximum atomic E-state index is 9.31. The van der Waals surface area contributed by atoms with Gasteiger partial charge in [-0.05, 0) is 26.7 Å². The number of rotatable bonds is 1. The van der Waals surface area contributed by atoms with Crippen LogP contribution in [-0.2, 0) is 0 Å². The molecule has 2 heteroatoms. The molecule has 0 bridgehead atoms. The Kier molecular flexibility index (Phi) is 2.02. The molecule has 1 aliphatic rings. The van der Waals surface area contributed by atoms with Crippen molar-refractivity contribution in [2.24, 2.45) is 11.7 Å². The van der Waals surface area contributed by atoms with Gasteiger partial charge in [-0.3, -0.25) is 0 Å². The molecule has 0 aliphatic heterocycles. The molecule has 0 aromatic rings. The molecule has 0 unspecified atom stereocenters. The van der Waals surface area contributed by atoms with Crippen molar-refractivity contribution in [2.75, 3.05) is 0 Å². The normalized spacial score (nSPS) is 43.8. The van der Waals surface area contributed by atoms with Crippen molar-refractivity contribution in [3.63, 3.8) is 0 Å². The highest BCUT2D eigenvalue weighted by atomic mass is 16.3. The fourth-order valence-corrected chi connectivity index (χ4v) is 2.01. The molecule has 0 aromatic carbocycles. The van der Waals surface area contributed by atoms with E-state index in [4.69, 9.17) is 5.73 Å². The zero-order valence-corrected chi connectivity index (χ0v) is 6.80. The van der Waals surface area contributed by atoms with Crippen molar-refractivity contribution in [3.05, 3.63) is 0 Å². The lowest BCUT2D eigenvalue weighted by Gasteiger charge is -2.28. The summed E-state index contributed by atoms with van der Waals surface area (Å²) in [5.74, 6) is 0.312. The molecule has 1 fully saturated rings. The van der Waals surface area contributed by atoms with E-state index in [2.05, 4.69) is 0 Å². The predicted molar refractivity (Wildman–Crippen MR) is 41.6 cm³/mol. The lowest BCUT2D eigenvalue weighted by Crippen LogP contribution is -2.44. The third-order valence-electron chi connectivity index (χ3n) is 2.66. The second kappa shape index (κ2) is 2.51. The van der Waals surface area contributed by atoms with Crippen LogP contribution in [0.2, 0.25) is 0 Å². The van der Waals surface area contributed by atoms with E-state index in [1.807, 2.05) is 13.8 Å². The summed E-state index contributed by atoms with van der Waals surface area (Å²) < 4.78 is 0. The van der Waals surface area contributed by atoms with Crippen molar-refractivity contribution < 1.29 is 5.11 Å². The first-order valence-corrected chi connectivity index (χ1v) is 4.01. The van der Waals surface area contributed by atoms with Crippen LogP contribution >= 0.6 is 0 Å². The molecule has 10 heavy (non-hydrogen) atoms. The zero-order chi connectivity index (χ0) is 7.78. The van der Waals surface area contributed by atoms with Crippen molar-refractivity contribution in [2.45, 2.75) is 44.8 Å². The fourth-order valence-electron chi connectivity index (χ4n) is 2.01. The lowest BCUT2D eigenvalue weighted by molar-refractivity contribution is 0.0950. The lowest BCUT2D eigenvalue weighted by atomic mass is 9.86. The average molecular weight is 143 g/mol. The summed E-state index contributed by atoms with van der Waals surface area (Å²) in [4.78, 5) is 0. The fraction of sp³-hybridized carbons (Fsp3) is 1.00. The maximum absolute atomic E-state index is 9.31. The Labute approximate surface area is 62.4 Å². The second-order valence-electron chi connectivity index (χ2n) is 3.75. The zero-order valence-electron chi connectivity index (χ0n) is 6.80. The first-order valence-electron chi connectivity index (χ1n) is 4.01. The molecule has 1 rings (SSSR count). The molecule has 1 aliphatic carbocycles. The summed E-state index contributed by atoms with van der Waals surface area (Å²) in [6.07, 6.45) is 3.08. The first-order chi connectivity index (χ1) is 4.54. The Balaban J connectivity index is 2.59. The SMILES string of the molecule is C[C@@H](O)[C@@H]1CCC[C@]1(C)N. The van der Waals surface area contributed by atoms with E-state index in [0.717, 1.165) is 12.8 Å². The number of hydrogen-bond acceptors (Lipinski definition) is 2. The highest BCUT2D eigenvalue weighted by Crippen LogP contribution is 2.35. The van der Waals surface area contributed by atoms with Gasteiger partial charge >= 0.3 is 0 Å². The largest absolute Gasteiger partial charge is 0.393 e. The summed E-state index contributed by atoms with van der Waals surface area (Å²) >= 11 is 0. The van der Waals surface area contributed by atoms with Crippen LogP contribution in [-0.4, -0.2) is 16.7 Å². The summed E-state index contributed by atoms with van der Waals surface area (Å²) in [5, 5.41) is 9.31. The highest BCUT2D eigenvalue weighted by molar-refractivity contribution is 4.94. The number of hydrogen-bond donors (Lipinski definition) is 2. The predicted octanol–water partition coefficient (Wildman–Crippen LogP) is 0.885. The van der Waals surface area contributed by atoms with Crippen LogP contribution in [0.25, 0.3) is 0 Å². The van der Waals surface area contributed by atoms with Gasteiger partial charge in [0.05, 0.1) is 6.10 Å². The summed E-state index contributed by atoms with van der Waals surface area (Å²) in [5.41, 5.74) is 5.85. The Morgan fingerprint density at radius 1 is 1.70 bits per heavy atom. The minimum Gasteiger partial charge on any atom is -0.393 e. The van der Waals surface area contributed by atoms with Crippen LogP contribution in [0.3, 0.4) is 0 Å². The molecule has 3 N–H and O–H groups in total. The molecule has 60 valence electrons. The van der Waals surface area contributed by atoms with Gasteiger partial charge in [-0.25, -0.2) is 0 Å². The molecule has 2 nitrogen and oxygen atoms in total. The van der Waals surface area contributed by atoms with Gasteiger partial charge in [0.2, 0.25) is 0 Å². The summed E-state index contributed by atoms with van der Waals surface area (Å²) in [6.45, 7) is 3.87. The molecule has 0 saturated heterocycles. The van der Waals surface area contributed by atoms with Crippen molar-refractivity contribution in [1.82, 2.24) is 0 Å². The molecular formula is C8H17NO. The van der Waals surface area contributed by atoms with E-state index >= 15 is 0 Å². The van der Waals surface area contributed by atoms with Gasteiger partial charge in [0.25, 0.3) is 0 Å². The Morgan fingerprint density at radius 3 is 2.50 bits per heavy atom. The van der Waals surface area contributed by atoms with E-state index in [1.165, 1.54) is 6.42 Å². The second-order valence-corrected chi connectivity index (χ2v) is 3.75. The van der Waals surface area contributed by atoms with Crippen molar-refractivity contribution in [1.29, 1.82) is 0 Å². The molecule has 0 radical (unpaired) electrons. The topological polar surface area (TPSA) is 46.2 Å². The number of nitrogens with two attached hydrogens (primary N) is 1. The van der Waals surface area contributed by atoms with Gasteiger partial charge in [0, 0.05) is 11.5 Å². The van der Waals surface area contributed by atoms with E-state index in [1.54, 1.807) is 0 Å². The van der Waals surface area contributed by atoms with Gasteiger partial charge in [-0.2, -0.15) is 0 Å². The molecule has 0 heterocycles. The average Bonchev–Trinajstić information content (AvgIpc) is 2.08. The van der Waals surface area contributed by atoms with E-state index in [9.17, 15) is 5.11 Å². The van der Waals surface area contributed by atoms with E-state index < -0.39 is 0 Å². The van der Waals surface area contributed by atoms with Crippen LogP contribution in [0, 0.1) is 5.92 Å². The van der Waals surface area contributed by atoms with Crippen LogP contribution in [0.5, 0.6) is 0 Å². The summed E-state index contributed by atoms with van der Waals surface area (Å²) in [6, 6.07) is 0. The van der Waals surface area contributed by atoms with Gasteiger partial charge in [-0.15, -0.1) is 0 Å². The quantitative estimate of drug-likeness (QED) is 0.572. The monoisotopic (exact) mass is 143 g/mol. The van der Waals surface area contributed by atoms with E-state index in [0.29, 0.717) is 5.92 Å². The van der Waals surface area contributed by atoms with Crippen LogP contribution in [0.1, 0.15) is 33.1 Å². The Bertz CT molecular complexity index is 120. The minimum absolute atomic E-state index is 0.117. The maximum Gasteiger partial charge on any atom is 0.0557 e. The van der Waals surface area contributed by atoms with Gasteiger partial charge < -0.3 is 10.8 Å². The Hall–Kier alpha value is -0.0800. The standard InChI is InChI=1S/C8H17NO/c1-6(10)7-4-3-5-8(7,2)9/h6-7,10H,3-5,9H2,1-2H3/t6-,7+,8+/m1/s1. The van der Waals surface area contributed by atoms with Crippen LogP contribution < -0.4 is 5.73 Å². The minimum atomic E-state index is -0.238. The van der Waals surface area contributed by atoms with Gasteiger partial charge in [-0.1, -0.05) is 6.42 Å². The number of aliphatic hydroxyl groups is 1. The Morgan fingerprint density at radius 2 is 2.30 bits per heavy atom. The smallest absolute Gasteiger partial charge is 0.0557 e.